The second kappa shape index (κ2) is 12.0. The number of likely N-dealkylation sites (N-methyl/N-ethyl adjacent to an activating group) is 1. The Bertz CT molecular complexity index is 1310. The molecule has 0 aliphatic carbocycles. The van der Waals surface area contributed by atoms with Gasteiger partial charge < -0.3 is 26.4 Å². The Morgan fingerprint density at radius 3 is 2.81 bits per heavy atom. The molecule has 0 fully saturated rings. The van der Waals surface area contributed by atoms with Crippen molar-refractivity contribution in [2.45, 2.75) is 20.0 Å². The summed E-state index contributed by atoms with van der Waals surface area (Å²) < 4.78 is 16.3. The molecule has 0 unspecified atom stereocenters. The van der Waals surface area contributed by atoms with Gasteiger partial charge in [0.05, 0.1) is 36.4 Å². The fraction of sp³-hybridized carbons (Fsp3) is 0.292. The molecule has 0 saturated carbocycles. The minimum atomic E-state index is -0.649. The normalized spacial score (nSPS) is 13.2. The molecular weight excluding hydrogens is 465 g/mol. The highest BCUT2D eigenvalue weighted by Gasteiger charge is 2.16. The molecule has 3 rings (SSSR count). The van der Waals surface area contributed by atoms with E-state index in [2.05, 4.69) is 30.6 Å². The summed E-state index contributed by atoms with van der Waals surface area (Å²) in [5.74, 6) is -0.838. The fourth-order valence-corrected chi connectivity index (χ4v) is 3.19. The summed E-state index contributed by atoms with van der Waals surface area (Å²) >= 11 is 0. The smallest absolute Gasteiger partial charge is 0.248 e. The van der Waals surface area contributed by atoms with E-state index in [-0.39, 0.29) is 24.2 Å². The van der Waals surface area contributed by atoms with E-state index in [0.717, 1.165) is 17.1 Å². The van der Waals surface area contributed by atoms with E-state index in [1.54, 1.807) is 25.3 Å². The zero-order valence-corrected chi connectivity index (χ0v) is 20.6. The van der Waals surface area contributed by atoms with Crippen LogP contribution in [0.15, 0.2) is 53.7 Å². The third kappa shape index (κ3) is 6.93. The van der Waals surface area contributed by atoms with Crippen LogP contribution < -0.4 is 16.4 Å². The fourth-order valence-electron chi connectivity index (χ4n) is 3.19. The predicted molar refractivity (Wildman–Crippen MR) is 139 cm³/mol. The number of nitrogens with two attached hydrogens (primary N) is 1. The largest absolute Gasteiger partial charge is 0.403 e. The molecule has 3 aromatic rings. The highest BCUT2D eigenvalue weighted by atomic mass is 19.1. The Kier molecular flexibility index (Phi) is 8.81. The minimum Gasteiger partial charge on any atom is -0.403 e. The maximum atomic E-state index is 14.8. The average molecular weight is 496 g/mol. The molecular formula is C24H30FN9O2. The van der Waals surface area contributed by atoms with Crippen LogP contribution in [0.1, 0.15) is 12.5 Å². The van der Waals surface area contributed by atoms with Crippen molar-refractivity contribution in [3.63, 3.8) is 0 Å². The lowest BCUT2D eigenvalue weighted by molar-refractivity contribution is -0.111. The Morgan fingerprint density at radius 2 is 2.11 bits per heavy atom. The number of carbonyl (C=O) groups excluding carboxylic acids is 1. The van der Waals surface area contributed by atoms with Crippen molar-refractivity contribution in [2.75, 3.05) is 37.8 Å². The van der Waals surface area contributed by atoms with E-state index in [1.807, 2.05) is 25.9 Å². The van der Waals surface area contributed by atoms with Gasteiger partial charge in [0.2, 0.25) is 11.9 Å². The summed E-state index contributed by atoms with van der Waals surface area (Å²) in [5, 5.41) is 15.7. The summed E-state index contributed by atoms with van der Waals surface area (Å²) in [5.41, 5.74) is 7.79. The molecule has 5 N–H and O–H groups in total. The second-order valence-corrected chi connectivity index (χ2v) is 8.39. The van der Waals surface area contributed by atoms with Gasteiger partial charge in [-0.2, -0.15) is 4.98 Å². The van der Waals surface area contributed by atoms with Crippen molar-refractivity contribution >= 4 is 34.8 Å². The number of allylic oxidation sites excluding steroid dienone is 1. The van der Waals surface area contributed by atoms with Crippen molar-refractivity contribution in [3.05, 3.63) is 60.1 Å². The zero-order chi connectivity index (χ0) is 26.2. The van der Waals surface area contributed by atoms with Gasteiger partial charge >= 0.3 is 0 Å². The summed E-state index contributed by atoms with van der Waals surface area (Å²) in [6, 6.07) is 1.78. The van der Waals surface area contributed by atoms with E-state index in [9.17, 15) is 14.3 Å². The highest BCUT2D eigenvalue weighted by molar-refractivity contribution is 6.00. The Balaban J connectivity index is 1.86. The molecule has 11 nitrogen and oxygen atoms in total. The van der Waals surface area contributed by atoms with E-state index in [4.69, 9.17) is 5.73 Å². The second-order valence-electron chi connectivity index (χ2n) is 8.39. The number of nitrogens with zero attached hydrogens (tertiary/aromatic N) is 6. The maximum Gasteiger partial charge on any atom is 0.248 e. The lowest BCUT2D eigenvalue weighted by Crippen LogP contribution is -2.13. The summed E-state index contributed by atoms with van der Waals surface area (Å²) in [4.78, 5) is 30.9. The molecule has 1 amide bonds. The Hall–Kier alpha value is -4.16. The lowest BCUT2D eigenvalue weighted by atomic mass is 10.2. The first-order chi connectivity index (χ1) is 17.2. The third-order valence-electron chi connectivity index (χ3n) is 4.84. The first kappa shape index (κ1) is 26.4. The van der Waals surface area contributed by atoms with Gasteiger partial charge in [-0.3, -0.25) is 14.4 Å². The number of rotatable bonds is 10. The predicted octanol–water partition coefficient (Wildman–Crippen LogP) is 1.98. The number of aromatic nitrogens is 4. The van der Waals surface area contributed by atoms with Crippen molar-refractivity contribution in [1.29, 1.82) is 0 Å². The van der Waals surface area contributed by atoms with Crippen LogP contribution in [-0.4, -0.2) is 74.9 Å². The number of hydrogen-bond acceptors (Lipinski definition) is 9. The molecule has 0 saturated heterocycles. The third-order valence-corrected chi connectivity index (χ3v) is 4.84. The van der Waals surface area contributed by atoms with Gasteiger partial charge in [0.1, 0.15) is 5.65 Å². The molecule has 0 bridgehead atoms. The van der Waals surface area contributed by atoms with Crippen LogP contribution in [0.25, 0.3) is 16.9 Å². The molecule has 190 valence electrons. The standard InChI is InChI=1S/C24H30FN9O2/c1-15-14-34(22-19(15)8-17(12-28-22)30-21(36)6-5-7-33(3)4)23-20(25)13-29-24(32-23)31-18(9-26)11-27-10-16(2)35/h5-6,8-9,11-14,16,35H,7,10,26H2,1-4H3,(H,30,36)(H,29,31,32)/b6-5+,18-9+,27-11?/t16-/m0/s1. The molecule has 3 heterocycles. The molecule has 3 aromatic heterocycles. The molecule has 0 aromatic carbocycles. The van der Waals surface area contributed by atoms with Gasteiger partial charge in [-0.1, -0.05) is 6.08 Å². The van der Waals surface area contributed by atoms with Gasteiger partial charge in [0, 0.05) is 36.6 Å². The first-order valence-corrected chi connectivity index (χ1v) is 11.2. The molecule has 0 spiro atoms. The maximum absolute atomic E-state index is 14.8. The number of nitrogens with one attached hydrogen (secondary N) is 2. The van der Waals surface area contributed by atoms with E-state index in [1.165, 1.54) is 29.3 Å². The van der Waals surface area contributed by atoms with Crippen LogP contribution in [0.4, 0.5) is 16.0 Å². The van der Waals surface area contributed by atoms with Crippen LogP contribution in [-0.2, 0) is 4.79 Å². The van der Waals surface area contributed by atoms with Gasteiger partial charge in [0.15, 0.2) is 11.6 Å². The Labute approximate surface area is 208 Å². The van der Waals surface area contributed by atoms with E-state index >= 15 is 0 Å². The summed E-state index contributed by atoms with van der Waals surface area (Å²) in [6.45, 7) is 4.31. The molecule has 12 heteroatoms. The number of carbonyl (C=O) groups is 1. The summed E-state index contributed by atoms with van der Waals surface area (Å²) in [7, 11) is 3.82. The van der Waals surface area contributed by atoms with Crippen LogP contribution in [0.2, 0.25) is 0 Å². The SMILES string of the molecule is Cc1cn(-c2nc(N/C(C=NC[C@H](C)O)=C/N)ncc2F)c2ncc(NC(=O)/C=C/CN(C)C)cc12. The highest BCUT2D eigenvalue weighted by Crippen LogP contribution is 2.26. The lowest BCUT2D eigenvalue weighted by Gasteiger charge is -2.09. The van der Waals surface area contributed by atoms with Gasteiger partial charge in [-0.05, 0) is 39.6 Å². The summed E-state index contributed by atoms with van der Waals surface area (Å²) in [6.07, 6.45) is 9.58. The number of amides is 1. The number of halogens is 1. The van der Waals surface area contributed by atoms with Crippen molar-refractivity contribution in [1.82, 2.24) is 24.4 Å². The number of pyridine rings is 1. The number of aliphatic hydroxyl groups excluding tert-OH is 1. The quantitative estimate of drug-likeness (QED) is 0.247. The zero-order valence-electron chi connectivity index (χ0n) is 20.6. The van der Waals surface area contributed by atoms with Gasteiger partial charge in [0.25, 0.3) is 0 Å². The van der Waals surface area contributed by atoms with Gasteiger partial charge in [-0.25, -0.2) is 14.4 Å². The molecule has 0 radical (unpaired) electrons. The van der Waals surface area contributed by atoms with Crippen molar-refractivity contribution < 1.29 is 14.3 Å². The van der Waals surface area contributed by atoms with Crippen molar-refractivity contribution in [2.24, 2.45) is 10.7 Å². The molecule has 0 aliphatic heterocycles. The number of anilines is 2. The van der Waals surface area contributed by atoms with Crippen LogP contribution >= 0.6 is 0 Å². The number of hydrogen-bond donors (Lipinski definition) is 4. The monoisotopic (exact) mass is 495 g/mol. The van der Waals surface area contributed by atoms with E-state index < -0.39 is 11.9 Å². The molecule has 36 heavy (non-hydrogen) atoms. The number of aryl methyl sites for hydroxylation is 1. The number of aliphatic hydroxyl groups is 1. The number of aliphatic imine (C=N–C) groups is 1. The van der Waals surface area contributed by atoms with Crippen LogP contribution in [0, 0.1) is 12.7 Å². The minimum absolute atomic E-state index is 0.0150. The van der Waals surface area contributed by atoms with Crippen LogP contribution in [0.3, 0.4) is 0 Å². The van der Waals surface area contributed by atoms with Gasteiger partial charge in [-0.15, -0.1) is 0 Å². The Morgan fingerprint density at radius 1 is 1.33 bits per heavy atom. The first-order valence-electron chi connectivity index (χ1n) is 11.2. The van der Waals surface area contributed by atoms with Crippen LogP contribution in [0.5, 0.6) is 0 Å². The van der Waals surface area contributed by atoms with E-state index in [0.29, 0.717) is 23.6 Å². The molecule has 0 aliphatic rings. The van der Waals surface area contributed by atoms with Crippen molar-refractivity contribution in [3.8, 4) is 5.82 Å². The molecule has 1 atom stereocenters. The average Bonchev–Trinajstić information content (AvgIpc) is 3.14. The topological polar surface area (TPSA) is 147 Å². The number of fused-ring (bicyclic) bond motifs is 1.